The Morgan fingerprint density at radius 3 is 2.28 bits per heavy atom. The fourth-order valence-corrected chi connectivity index (χ4v) is 2.33. The minimum absolute atomic E-state index is 0.0936. The summed E-state index contributed by atoms with van der Waals surface area (Å²) in [6.07, 6.45) is -0.984. The minimum atomic E-state index is -0.984. The molecular formula is C18H18ClNO5. The average Bonchev–Trinajstić information content (AvgIpc) is 2.62. The number of carbonyl (C=O) groups excluding carboxylic acids is 2. The first-order chi connectivity index (χ1) is 11.9. The molecule has 7 heteroatoms. The second-order valence-electron chi connectivity index (χ2n) is 5.21. The van der Waals surface area contributed by atoms with Crippen LogP contribution in [0, 0.1) is 0 Å². The Balaban J connectivity index is 2.16. The third-order valence-electron chi connectivity index (χ3n) is 3.57. The van der Waals surface area contributed by atoms with Crippen molar-refractivity contribution in [3.63, 3.8) is 0 Å². The maximum atomic E-state index is 12.4. The molecule has 0 aliphatic rings. The first-order valence-corrected chi connectivity index (χ1v) is 7.77. The van der Waals surface area contributed by atoms with Gasteiger partial charge in [-0.3, -0.25) is 4.79 Å². The van der Waals surface area contributed by atoms with E-state index in [-0.39, 0.29) is 27.8 Å². The Morgan fingerprint density at radius 2 is 1.72 bits per heavy atom. The van der Waals surface area contributed by atoms with Crippen LogP contribution in [0.2, 0.25) is 5.02 Å². The van der Waals surface area contributed by atoms with Crippen molar-refractivity contribution in [2.45, 2.75) is 13.0 Å². The van der Waals surface area contributed by atoms with Gasteiger partial charge in [0.15, 0.2) is 6.10 Å². The van der Waals surface area contributed by atoms with Gasteiger partial charge in [-0.2, -0.15) is 0 Å². The number of ether oxygens (including phenoxy) is 3. The van der Waals surface area contributed by atoms with Crippen molar-refractivity contribution in [2.24, 2.45) is 0 Å². The summed E-state index contributed by atoms with van der Waals surface area (Å²) in [6, 6.07) is 9.30. The van der Waals surface area contributed by atoms with Gasteiger partial charge in [-0.05, 0) is 37.3 Å². The van der Waals surface area contributed by atoms with Crippen LogP contribution >= 0.6 is 11.6 Å². The Kier molecular flexibility index (Phi) is 5.88. The van der Waals surface area contributed by atoms with Crippen molar-refractivity contribution in [1.82, 2.24) is 0 Å². The van der Waals surface area contributed by atoms with Crippen LogP contribution in [-0.2, 0) is 4.74 Å². The van der Waals surface area contributed by atoms with Crippen LogP contribution in [0.4, 0.5) is 5.69 Å². The molecule has 0 aliphatic heterocycles. The number of esters is 1. The number of methoxy groups -OCH3 is 2. The number of rotatable bonds is 6. The SMILES string of the molecule is COc1ccc(C(=O)[C@H](C)OC(=O)c2cc(Cl)c(N)cc2OC)cc1. The van der Waals surface area contributed by atoms with Gasteiger partial charge in [0.1, 0.15) is 17.1 Å². The van der Waals surface area contributed by atoms with Crippen LogP contribution in [0.15, 0.2) is 36.4 Å². The highest BCUT2D eigenvalue weighted by molar-refractivity contribution is 6.33. The average molecular weight is 364 g/mol. The summed E-state index contributed by atoms with van der Waals surface area (Å²) in [4.78, 5) is 24.8. The normalized spacial score (nSPS) is 11.5. The fourth-order valence-electron chi connectivity index (χ4n) is 2.17. The summed E-state index contributed by atoms with van der Waals surface area (Å²) in [5.41, 5.74) is 6.46. The zero-order valence-corrected chi connectivity index (χ0v) is 14.8. The summed E-state index contributed by atoms with van der Waals surface area (Å²) < 4.78 is 15.4. The summed E-state index contributed by atoms with van der Waals surface area (Å²) in [5, 5.41) is 0.196. The molecule has 1 atom stereocenters. The monoisotopic (exact) mass is 363 g/mol. The number of nitrogens with two attached hydrogens (primary N) is 1. The van der Waals surface area contributed by atoms with Crippen LogP contribution in [0.1, 0.15) is 27.6 Å². The molecule has 132 valence electrons. The van der Waals surface area contributed by atoms with Crippen LogP contribution in [0.5, 0.6) is 11.5 Å². The Labute approximate surface area is 150 Å². The number of hydrogen-bond donors (Lipinski definition) is 1. The van der Waals surface area contributed by atoms with E-state index in [0.29, 0.717) is 11.3 Å². The van der Waals surface area contributed by atoms with Gasteiger partial charge in [-0.25, -0.2) is 4.79 Å². The van der Waals surface area contributed by atoms with E-state index in [4.69, 9.17) is 31.5 Å². The number of Topliss-reactive ketones (excluding diaryl/α,β-unsaturated/α-hetero) is 1. The zero-order valence-electron chi connectivity index (χ0n) is 14.0. The molecule has 2 rings (SSSR count). The molecule has 0 saturated heterocycles. The Bertz CT molecular complexity index is 789. The van der Waals surface area contributed by atoms with Crippen molar-refractivity contribution in [2.75, 3.05) is 20.0 Å². The van der Waals surface area contributed by atoms with Gasteiger partial charge in [-0.1, -0.05) is 11.6 Å². The molecule has 0 bridgehead atoms. The summed E-state index contributed by atoms with van der Waals surface area (Å²) in [7, 11) is 2.93. The fraction of sp³-hybridized carbons (Fsp3) is 0.222. The highest BCUT2D eigenvalue weighted by atomic mass is 35.5. The molecule has 6 nitrogen and oxygen atoms in total. The molecule has 0 saturated carbocycles. The van der Waals surface area contributed by atoms with Gasteiger partial charge in [0.2, 0.25) is 5.78 Å². The van der Waals surface area contributed by atoms with Gasteiger partial charge >= 0.3 is 5.97 Å². The molecule has 25 heavy (non-hydrogen) atoms. The van der Waals surface area contributed by atoms with Gasteiger partial charge in [0.05, 0.1) is 24.9 Å². The minimum Gasteiger partial charge on any atom is -0.497 e. The number of benzene rings is 2. The van der Waals surface area contributed by atoms with E-state index >= 15 is 0 Å². The largest absolute Gasteiger partial charge is 0.497 e. The standard InChI is InChI=1S/C18H18ClNO5/c1-10(17(21)11-4-6-12(23-2)7-5-11)25-18(22)13-8-14(19)15(20)9-16(13)24-3/h4-10H,20H2,1-3H3/t10-/m0/s1. The summed E-state index contributed by atoms with van der Waals surface area (Å²) >= 11 is 5.94. The van der Waals surface area contributed by atoms with E-state index in [0.717, 1.165) is 0 Å². The molecule has 0 spiro atoms. The number of ketones is 1. The smallest absolute Gasteiger partial charge is 0.342 e. The second kappa shape index (κ2) is 7.90. The molecule has 2 aromatic carbocycles. The first-order valence-electron chi connectivity index (χ1n) is 7.39. The van der Waals surface area contributed by atoms with Crippen LogP contribution in [-0.4, -0.2) is 32.1 Å². The highest BCUT2D eigenvalue weighted by Crippen LogP contribution is 2.29. The molecule has 0 aromatic heterocycles. The van der Waals surface area contributed by atoms with E-state index in [1.54, 1.807) is 24.3 Å². The number of nitrogen functional groups attached to an aromatic ring is 1. The molecule has 0 fully saturated rings. The number of anilines is 1. The highest BCUT2D eigenvalue weighted by Gasteiger charge is 2.23. The molecule has 0 aliphatic carbocycles. The number of hydrogen-bond acceptors (Lipinski definition) is 6. The zero-order chi connectivity index (χ0) is 18.6. The van der Waals surface area contributed by atoms with E-state index < -0.39 is 12.1 Å². The van der Waals surface area contributed by atoms with Gasteiger partial charge in [-0.15, -0.1) is 0 Å². The number of carbonyl (C=O) groups is 2. The predicted molar refractivity (Wildman–Crippen MR) is 94.6 cm³/mol. The van der Waals surface area contributed by atoms with Gasteiger partial charge < -0.3 is 19.9 Å². The second-order valence-corrected chi connectivity index (χ2v) is 5.62. The molecular weight excluding hydrogens is 346 g/mol. The molecule has 0 unspecified atom stereocenters. The van der Waals surface area contributed by atoms with Crippen molar-refractivity contribution in [1.29, 1.82) is 0 Å². The van der Waals surface area contributed by atoms with Crippen LogP contribution in [0.3, 0.4) is 0 Å². The first kappa shape index (κ1) is 18.6. The van der Waals surface area contributed by atoms with Crippen LogP contribution < -0.4 is 15.2 Å². The quantitative estimate of drug-likeness (QED) is 0.481. The maximum absolute atomic E-state index is 12.4. The Morgan fingerprint density at radius 1 is 1.08 bits per heavy atom. The van der Waals surface area contributed by atoms with Gasteiger partial charge in [0, 0.05) is 11.6 Å². The Hall–Kier alpha value is -2.73. The summed E-state index contributed by atoms with van der Waals surface area (Å²) in [6.45, 7) is 1.50. The molecule has 2 N–H and O–H groups in total. The molecule has 0 heterocycles. The van der Waals surface area contributed by atoms with E-state index in [1.165, 1.54) is 33.3 Å². The summed E-state index contributed by atoms with van der Waals surface area (Å²) in [5.74, 6) is -0.219. The predicted octanol–water partition coefficient (Wildman–Crippen LogP) is 3.37. The van der Waals surface area contributed by atoms with E-state index in [2.05, 4.69) is 0 Å². The molecule has 0 radical (unpaired) electrons. The third kappa shape index (κ3) is 4.22. The van der Waals surface area contributed by atoms with Crippen molar-refractivity contribution in [3.05, 3.63) is 52.5 Å². The van der Waals surface area contributed by atoms with Gasteiger partial charge in [0.25, 0.3) is 0 Å². The molecule has 0 amide bonds. The lowest BCUT2D eigenvalue weighted by molar-refractivity contribution is 0.0316. The van der Waals surface area contributed by atoms with E-state index in [1.807, 2.05) is 0 Å². The topological polar surface area (TPSA) is 87.9 Å². The lowest BCUT2D eigenvalue weighted by Crippen LogP contribution is -2.24. The van der Waals surface area contributed by atoms with Crippen LogP contribution in [0.25, 0.3) is 0 Å². The van der Waals surface area contributed by atoms with E-state index in [9.17, 15) is 9.59 Å². The third-order valence-corrected chi connectivity index (χ3v) is 3.89. The lowest BCUT2D eigenvalue weighted by atomic mass is 10.1. The lowest BCUT2D eigenvalue weighted by Gasteiger charge is -2.15. The van der Waals surface area contributed by atoms with Crippen molar-refractivity contribution in [3.8, 4) is 11.5 Å². The van der Waals surface area contributed by atoms with Crippen molar-refractivity contribution >= 4 is 29.0 Å². The number of halogens is 1. The van der Waals surface area contributed by atoms with Crippen molar-refractivity contribution < 1.29 is 23.8 Å². The molecule has 2 aromatic rings. The maximum Gasteiger partial charge on any atom is 0.342 e.